The van der Waals surface area contributed by atoms with Crippen molar-refractivity contribution in [1.82, 2.24) is 14.7 Å². The lowest BCUT2D eigenvalue weighted by Crippen LogP contribution is -2.31. The van der Waals surface area contributed by atoms with Crippen molar-refractivity contribution < 1.29 is 4.79 Å². The summed E-state index contributed by atoms with van der Waals surface area (Å²) in [5, 5.41) is 10.00. The summed E-state index contributed by atoms with van der Waals surface area (Å²) >= 11 is 7.53. The number of halogens is 1. The molecule has 158 valence electrons. The molecule has 2 aromatic carbocycles. The normalized spacial score (nSPS) is 16.2. The monoisotopic (exact) mass is 450 g/mol. The molecule has 3 heterocycles. The van der Waals surface area contributed by atoms with Crippen LogP contribution in [0.3, 0.4) is 0 Å². The second-order valence-corrected chi connectivity index (χ2v) is 9.41. The lowest BCUT2D eigenvalue weighted by molar-refractivity contribution is 0.0796. The smallest absolute Gasteiger partial charge is 0.264 e. The largest absolute Gasteiger partial charge is 0.380 e. The fourth-order valence-corrected chi connectivity index (χ4v) is 5.33. The summed E-state index contributed by atoms with van der Waals surface area (Å²) in [5.74, 6) is 0.107. The number of carbonyl (C=O) groups is 1. The topological polar surface area (TPSA) is 50.2 Å². The van der Waals surface area contributed by atoms with Gasteiger partial charge in [0.25, 0.3) is 5.91 Å². The van der Waals surface area contributed by atoms with Crippen LogP contribution in [0, 0.1) is 6.92 Å². The van der Waals surface area contributed by atoms with Gasteiger partial charge in [-0.15, -0.1) is 11.3 Å². The van der Waals surface area contributed by atoms with E-state index in [4.69, 9.17) is 11.6 Å². The van der Waals surface area contributed by atoms with Crippen LogP contribution in [-0.2, 0) is 6.54 Å². The summed E-state index contributed by atoms with van der Waals surface area (Å²) in [6.07, 6.45) is 0.953. The van der Waals surface area contributed by atoms with Crippen molar-refractivity contribution in [3.63, 3.8) is 0 Å². The molecule has 1 unspecified atom stereocenters. The van der Waals surface area contributed by atoms with Gasteiger partial charge >= 0.3 is 0 Å². The van der Waals surface area contributed by atoms with Crippen LogP contribution in [0.1, 0.15) is 27.3 Å². The Bertz CT molecular complexity index is 1220. The molecule has 0 radical (unpaired) electrons. The maximum Gasteiger partial charge on any atom is 0.264 e. The zero-order valence-electron chi connectivity index (χ0n) is 17.2. The molecule has 31 heavy (non-hydrogen) atoms. The molecule has 0 saturated carbocycles. The van der Waals surface area contributed by atoms with Crippen molar-refractivity contribution >= 4 is 44.7 Å². The number of aromatic nitrogens is 2. The Balaban J connectivity index is 1.32. The molecule has 0 bridgehead atoms. The number of aryl methyl sites for hydroxylation is 1. The molecule has 5 nitrogen and oxygen atoms in total. The van der Waals surface area contributed by atoms with Gasteiger partial charge < -0.3 is 10.2 Å². The molecule has 7 heteroatoms. The van der Waals surface area contributed by atoms with Gasteiger partial charge in [-0.3, -0.25) is 9.48 Å². The third-order valence-corrected chi connectivity index (χ3v) is 7.07. The van der Waals surface area contributed by atoms with Crippen LogP contribution in [0.2, 0.25) is 5.02 Å². The predicted molar refractivity (Wildman–Crippen MR) is 127 cm³/mol. The van der Waals surface area contributed by atoms with Gasteiger partial charge in [0.05, 0.1) is 17.1 Å². The van der Waals surface area contributed by atoms with Crippen LogP contribution < -0.4 is 5.32 Å². The van der Waals surface area contributed by atoms with Gasteiger partial charge in [0.2, 0.25) is 0 Å². The standard InChI is InChI=1S/C24H23ClN4OS/c1-16-21-13-22(31-24(21)29(27-16)14-17-7-9-18(25)10-8-17)23(30)28-12-11-20(15-28)26-19-5-3-2-4-6-19/h2-10,13,20,26H,11-12,14-15H2,1H3. The van der Waals surface area contributed by atoms with E-state index in [9.17, 15) is 4.79 Å². The molecule has 0 spiro atoms. The number of benzene rings is 2. The summed E-state index contributed by atoms with van der Waals surface area (Å²) in [7, 11) is 0. The number of amides is 1. The Hall–Kier alpha value is -2.83. The van der Waals surface area contributed by atoms with Crippen LogP contribution >= 0.6 is 22.9 Å². The Morgan fingerprint density at radius 2 is 1.97 bits per heavy atom. The molecule has 4 aromatic rings. The number of nitrogens with zero attached hydrogens (tertiary/aromatic N) is 3. The first-order chi connectivity index (χ1) is 15.1. The van der Waals surface area contributed by atoms with Crippen molar-refractivity contribution in [2.45, 2.75) is 25.9 Å². The van der Waals surface area contributed by atoms with E-state index in [2.05, 4.69) is 22.5 Å². The zero-order valence-corrected chi connectivity index (χ0v) is 18.8. The van der Waals surface area contributed by atoms with Gasteiger partial charge in [-0.2, -0.15) is 5.10 Å². The summed E-state index contributed by atoms with van der Waals surface area (Å²) < 4.78 is 1.99. The molecule has 1 atom stereocenters. The quantitative estimate of drug-likeness (QED) is 0.440. The van der Waals surface area contributed by atoms with Crippen molar-refractivity contribution in [2.75, 3.05) is 18.4 Å². The van der Waals surface area contributed by atoms with E-state index in [1.54, 1.807) is 0 Å². The van der Waals surface area contributed by atoms with Crippen LogP contribution in [0.25, 0.3) is 10.2 Å². The summed E-state index contributed by atoms with van der Waals surface area (Å²) in [6.45, 7) is 4.14. The van der Waals surface area contributed by atoms with Gasteiger partial charge in [0.1, 0.15) is 4.83 Å². The fourth-order valence-electron chi connectivity index (χ4n) is 4.08. The number of para-hydroxylation sites is 1. The Kier molecular flexibility index (Phi) is 5.42. The van der Waals surface area contributed by atoms with Gasteiger partial charge in [0, 0.05) is 35.2 Å². The first-order valence-corrected chi connectivity index (χ1v) is 11.6. The number of rotatable bonds is 5. The van der Waals surface area contributed by atoms with E-state index < -0.39 is 0 Å². The minimum atomic E-state index is 0.107. The highest BCUT2D eigenvalue weighted by molar-refractivity contribution is 7.20. The highest BCUT2D eigenvalue weighted by Gasteiger charge is 2.28. The van der Waals surface area contributed by atoms with Crippen LogP contribution in [0.4, 0.5) is 5.69 Å². The maximum atomic E-state index is 13.2. The van der Waals surface area contributed by atoms with Gasteiger partial charge in [-0.25, -0.2) is 0 Å². The number of nitrogens with one attached hydrogen (secondary N) is 1. The Morgan fingerprint density at radius 1 is 1.19 bits per heavy atom. The fraction of sp³-hybridized carbons (Fsp3) is 0.250. The van der Waals surface area contributed by atoms with E-state index in [0.29, 0.717) is 6.54 Å². The highest BCUT2D eigenvalue weighted by atomic mass is 35.5. The second kappa shape index (κ2) is 8.36. The number of likely N-dealkylation sites (tertiary alicyclic amines) is 1. The Labute approximate surface area is 190 Å². The molecule has 1 saturated heterocycles. The number of thiophene rings is 1. The molecule has 5 rings (SSSR count). The minimum absolute atomic E-state index is 0.107. The second-order valence-electron chi connectivity index (χ2n) is 7.95. The van der Waals surface area contributed by atoms with Crippen molar-refractivity contribution in [1.29, 1.82) is 0 Å². The third kappa shape index (κ3) is 4.18. The first-order valence-electron chi connectivity index (χ1n) is 10.4. The van der Waals surface area contributed by atoms with E-state index in [0.717, 1.165) is 56.6 Å². The molecule has 0 aliphatic carbocycles. The van der Waals surface area contributed by atoms with E-state index in [-0.39, 0.29) is 11.9 Å². The maximum absolute atomic E-state index is 13.2. The zero-order chi connectivity index (χ0) is 21.4. The highest BCUT2D eigenvalue weighted by Crippen LogP contribution is 2.31. The van der Waals surface area contributed by atoms with E-state index >= 15 is 0 Å². The van der Waals surface area contributed by atoms with Crippen LogP contribution in [-0.4, -0.2) is 39.7 Å². The summed E-state index contributed by atoms with van der Waals surface area (Å²) in [6, 6.07) is 20.3. The summed E-state index contributed by atoms with van der Waals surface area (Å²) in [4.78, 5) is 17.0. The van der Waals surface area contributed by atoms with Crippen molar-refractivity contribution in [3.8, 4) is 0 Å². The molecule has 1 N–H and O–H groups in total. The van der Waals surface area contributed by atoms with Crippen LogP contribution in [0.15, 0.2) is 60.7 Å². The lowest BCUT2D eigenvalue weighted by Gasteiger charge is -2.17. The van der Waals surface area contributed by atoms with Crippen LogP contribution in [0.5, 0.6) is 0 Å². The average Bonchev–Trinajstić information content (AvgIpc) is 3.48. The van der Waals surface area contributed by atoms with Crippen molar-refractivity contribution in [2.24, 2.45) is 0 Å². The predicted octanol–water partition coefficient (Wildman–Crippen LogP) is 5.43. The number of anilines is 1. The number of fused-ring (bicyclic) bond motifs is 1. The van der Waals surface area contributed by atoms with Crippen molar-refractivity contribution in [3.05, 3.63) is 81.8 Å². The minimum Gasteiger partial charge on any atom is -0.380 e. The number of carbonyl (C=O) groups excluding carboxylic acids is 1. The van der Waals surface area contributed by atoms with Gasteiger partial charge in [-0.1, -0.05) is 41.9 Å². The molecule has 1 fully saturated rings. The molecular weight excluding hydrogens is 428 g/mol. The first kappa shape index (κ1) is 20.1. The molecule has 1 aliphatic heterocycles. The molecule has 1 aliphatic rings. The van der Waals surface area contributed by atoms with E-state index in [1.807, 2.05) is 65.0 Å². The number of hydrogen-bond donors (Lipinski definition) is 1. The summed E-state index contributed by atoms with van der Waals surface area (Å²) in [5.41, 5.74) is 3.18. The molecule has 2 aromatic heterocycles. The Morgan fingerprint density at radius 3 is 2.74 bits per heavy atom. The average molecular weight is 451 g/mol. The number of hydrogen-bond acceptors (Lipinski definition) is 4. The van der Waals surface area contributed by atoms with E-state index in [1.165, 1.54) is 11.3 Å². The SMILES string of the molecule is Cc1nn(Cc2ccc(Cl)cc2)c2sc(C(=O)N3CCC(Nc4ccccc4)C3)cc12. The van der Waals surface area contributed by atoms with Gasteiger partial charge in [0.15, 0.2) is 0 Å². The third-order valence-electron chi connectivity index (χ3n) is 5.68. The molecular formula is C24H23ClN4OS. The lowest BCUT2D eigenvalue weighted by atomic mass is 10.2. The molecule has 1 amide bonds. The van der Waals surface area contributed by atoms with Gasteiger partial charge in [-0.05, 0) is 49.2 Å².